The average Bonchev–Trinajstić information content (AvgIpc) is 3.48. The quantitative estimate of drug-likeness (QED) is 0.180. The third kappa shape index (κ3) is 9.17. The third-order valence-corrected chi connectivity index (χ3v) is 7.50. The second kappa shape index (κ2) is 16.3. The first-order chi connectivity index (χ1) is 18.5. The topological polar surface area (TPSA) is 27.3 Å². The Morgan fingerprint density at radius 2 is 1.18 bits per heavy atom. The van der Waals surface area contributed by atoms with Gasteiger partial charge in [-0.1, -0.05) is 97.9 Å². The summed E-state index contributed by atoms with van der Waals surface area (Å²) in [6.07, 6.45) is 9.04. The molecule has 2 heterocycles. The van der Waals surface area contributed by atoms with Crippen molar-refractivity contribution >= 4 is 36.3 Å². The second-order valence-corrected chi connectivity index (χ2v) is 14.3. The van der Waals surface area contributed by atoms with Crippen LogP contribution in [0.3, 0.4) is 0 Å². The van der Waals surface area contributed by atoms with Crippen molar-refractivity contribution in [2.75, 3.05) is 11.4 Å². The Hall–Kier alpha value is -1.15. The number of allylic oxidation sites excluding steroid dienone is 1. The number of anilines is 1. The van der Waals surface area contributed by atoms with E-state index in [1.54, 1.807) is 6.67 Å². The fourth-order valence-electron chi connectivity index (χ4n) is 5.24. The number of alkyl halides is 1. The Morgan fingerprint density at radius 3 is 1.54 bits per heavy atom. The molecule has 2 aromatic carbocycles. The maximum absolute atomic E-state index is 7.61. The fraction of sp³-hybridized carbons (Fsp3) is 0.469. The van der Waals surface area contributed by atoms with Crippen LogP contribution in [-0.2, 0) is 20.8 Å². The number of nitrogens with zero attached hydrogens (tertiary/aromatic N) is 1. The van der Waals surface area contributed by atoms with Gasteiger partial charge in [-0.05, 0) is 70.3 Å². The van der Waals surface area contributed by atoms with Crippen LogP contribution in [0.1, 0.15) is 113 Å². The minimum absolute atomic E-state index is 0.106. The summed E-state index contributed by atoms with van der Waals surface area (Å²) in [4.78, 5) is 2.00. The van der Waals surface area contributed by atoms with Crippen molar-refractivity contribution in [3.8, 4) is 0 Å². The molecule has 0 saturated carbocycles. The molecule has 1 unspecified atom stereocenters. The van der Waals surface area contributed by atoms with Crippen molar-refractivity contribution in [2.24, 2.45) is 0 Å². The molecule has 2 aromatic rings. The van der Waals surface area contributed by atoms with Crippen LogP contribution in [0.4, 0.5) is 5.69 Å². The Balaban J connectivity index is 0.000000577. The number of para-hydroxylation sites is 1. The number of halogens is 3. The summed E-state index contributed by atoms with van der Waals surface area (Å²) in [7, 11) is 9.63. The molecule has 2 aliphatic rings. The van der Waals surface area contributed by atoms with Gasteiger partial charge in [0.25, 0.3) is 0 Å². The van der Waals surface area contributed by atoms with Gasteiger partial charge in [-0.15, -0.1) is 11.6 Å². The third-order valence-electron chi connectivity index (χ3n) is 7.04. The SMILES string of the molecule is C1=CN[CH-]N1.CC(C)c1cccc(C(C)C)c1N1C=CCC(Cl)(c2c(C(C)C)cccc2C(C)C)C1.[Cl][Pd][Cl]. The zero-order chi connectivity index (χ0) is 29.2. The molecule has 7 heteroatoms. The van der Waals surface area contributed by atoms with Crippen molar-refractivity contribution < 1.29 is 15.9 Å². The minimum atomic E-state index is -0.437. The molecule has 0 aromatic heterocycles. The van der Waals surface area contributed by atoms with E-state index >= 15 is 0 Å². The molecule has 0 radical (unpaired) electrons. The van der Waals surface area contributed by atoms with Gasteiger partial charge < -0.3 is 15.5 Å². The first kappa shape index (κ1) is 34.1. The number of hydrogen-bond donors (Lipinski definition) is 2. The van der Waals surface area contributed by atoms with E-state index < -0.39 is 4.87 Å². The van der Waals surface area contributed by atoms with Crippen molar-refractivity contribution in [1.82, 2.24) is 10.6 Å². The molecule has 2 aliphatic heterocycles. The van der Waals surface area contributed by atoms with Crippen LogP contribution >= 0.6 is 30.7 Å². The van der Waals surface area contributed by atoms with Gasteiger partial charge in [-0.2, -0.15) is 6.67 Å². The van der Waals surface area contributed by atoms with E-state index in [0.717, 1.165) is 13.0 Å². The molecule has 3 nitrogen and oxygen atoms in total. The van der Waals surface area contributed by atoms with E-state index in [0.29, 0.717) is 23.7 Å². The molecule has 39 heavy (non-hydrogen) atoms. The predicted molar refractivity (Wildman–Crippen MR) is 169 cm³/mol. The first-order valence-electron chi connectivity index (χ1n) is 13.7. The molecular formula is C32H45Cl3N3Pd-. The second-order valence-electron chi connectivity index (χ2n) is 11.3. The van der Waals surface area contributed by atoms with Gasteiger partial charge in [0, 0.05) is 18.4 Å². The molecule has 0 amide bonds. The Kier molecular flexibility index (Phi) is 14.3. The molecule has 0 bridgehead atoms. The van der Waals surface area contributed by atoms with Crippen LogP contribution in [0.25, 0.3) is 0 Å². The van der Waals surface area contributed by atoms with Gasteiger partial charge in [-0.25, -0.2) is 0 Å². The van der Waals surface area contributed by atoms with Crippen LogP contribution in [-0.4, -0.2) is 6.54 Å². The molecule has 0 aliphatic carbocycles. The molecule has 2 N–H and O–H groups in total. The van der Waals surface area contributed by atoms with Crippen molar-refractivity contribution in [3.05, 3.63) is 95.6 Å². The standard InChI is InChI=1S/C29H40ClN.C3H5N2.2ClH.Pd/c1-19(2)23-12-9-13-24(20(3)4)27(23)29(30)16-11-17-31(18-29)28-25(21(5)6)14-10-15-26(28)22(7)8;1-2-5-3-4-1;;;/h9-15,17,19-22H,16,18H2,1-8H3;1-5H;2*1H;/q;-1;;;+2/p-2. The normalized spacial score (nSPS) is 18.2. The summed E-state index contributed by atoms with van der Waals surface area (Å²) in [5.74, 6) is 1.81. The number of rotatable bonds is 6. The molecule has 0 fully saturated rings. The Labute approximate surface area is 258 Å². The summed E-state index contributed by atoms with van der Waals surface area (Å²) in [5.41, 5.74) is 8.28. The molecule has 0 spiro atoms. The summed E-state index contributed by atoms with van der Waals surface area (Å²) in [6.45, 7) is 20.8. The van der Waals surface area contributed by atoms with Crippen LogP contribution < -0.4 is 15.5 Å². The van der Waals surface area contributed by atoms with Gasteiger partial charge in [-0.3, -0.25) is 0 Å². The van der Waals surface area contributed by atoms with Crippen molar-refractivity contribution in [2.45, 2.75) is 90.4 Å². The number of hydrogen-bond acceptors (Lipinski definition) is 3. The van der Waals surface area contributed by atoms with Gasteiger partial charge >= 0.3 is 35.0 Å². The molecule has 4 rings (SSSR count). The van der Waals surface area contributed by atoms with Gasteiger partial charge in [0.1, 0.15) is 0 Å². The summed E-state index contributed by atoms with van der Waals surface area (Å²) >= 11 is 7.51. The maximum atomic E-state index is 7.61. The molecule has 1 atom stereocenters. The molecule has 220 valence electrons. The first-order valence-corrected chi connectivity index (χ1v) is 18.1. The van der Waals surface area contributed by atoms with Crippen LogP contribution in [0.15, 0.2) is 61.1 Å². The van der Waals surface area contributed by atoms with E-state index in [2.05, 4.69) is 120 Å². The van der Waals surface area contributed by atoms with Crippen molar-refractivity contribution in [1.29, 1.82) is 0 Å². The number of benzene rings is 2. The van der Waals surface area contributed by atoms with Gasteiger partial charge in [0.15, 0.2) is 0 Å². The summed E-state index contributed by atoms with van der Waals surface area (Å²) in [5, 5.41) is 5.61. The van der Waals surface area contributed by atoms with Gasteiger partial charge in [0.2, 0.25) is 0 Å². The van der Waals surface area contributed by atoms with E-state index in [4.69, 9.17) is 30.7 Å². The van der Waals surface area contributed by atoms with E-state index in [-0.39, 0.29) is 15.9 Å². The monoisotopic (exact) mass is 682 g/mol. The average molecular weight is 685 g/mol. The van der Waals surface area contributed by atoms with Crippen LogP contribution in [0.5, 0.6) is 0 Å². The zero-order valence-electron chi connectivity index (χ0n) is 24.5. The summed E-state index contributed by atoms with van der Waals surface area (Å²) in [6, 6.07) is 13.5. The van der Waals surface area contributed by atoms with Gasteiger partial charge in [0.05, 0.1) is 4.87 Å². The molecule has 0 saturated heterocycles. The van der Waals surface area contributed by atoms with Crippen LogP contribution in [0, 0.1) is 6.67 Å². The molecular weight excluding hydrogens is 639 g/mol. The Bertz CT molecular complexity index is 1040. The van der Waals surface area contributed by atoms with Crippen molar-refractivity contribution in [3.63, 3.8) is 0 Å². The van der Waals surface area contributed by atoms with E-state index in [1.807, 2.05) is 12.4 Å². The van der Waals surface area contributed by atoms with E-state index in [9.17, 15) is 0 Å². The predicted octanol–water partition coefficient (Wildman–Crippen LogP) is 10.2. The number of nitrogens with one attached hydrogen (secondary N) is 2. The van der Waals surface area contributed by atoms with Crippen LogP contribution in [0.2, 0.25) is 0 Å². The fourth-order valence-corrected chi connectivity index (χ4v) is 5.68. The Morgan fingerprint density at radius 1 is 0.769 bits per heavy atom. The van der Waals surface area contributed by atoms with E-state index in [1.165, 1.54) is 33.5 Å². The summed E-state index contributed by atoms with van der Waals surface area (Å²) < 4.78 is 0. The zero-order valence-corrected chi connectivity index (χ0v) is 28.3.